The summed E-state index contributed by atoms with van der Waals surface area (Å²) in [6.45, 7) is 2.69. The Labute approximate surface area is 134 Å². The highest BCUT2D eigenvalue weighted by atomic mass is 127. The Morgan fingerprint density at radius 1 is 1.35 bits per heavy atom. The van der Waals surface area contributed by atoms with Gasteiger partial charge >= 0.3 is 0 Å². The van der Waals surface area contributed by atoms with Crippen LogP contribution in [0.1, 0.15) is 12.0 Å². The number of benzene rings is 1. The molecule has 0 spiro atoms. The van der Waals surface area contributed by atoms with E-state index in [1.54, 1.807) is 0 Å². The van der Waals surface area contributed by atoms with E-state index in [0.29, 0.717) is 0 Å². The van der Waals surface area contributed by atoms with Crippen LogP contribution in [0.3, 0.4) is 0 Å². The second-order valence-electron chi connectivity index (χ2n) is 4.69. The first-order chi connectivity index (χ1) is 9.33. The second kappa shape index (κ2) is 6.92. The number of nitrogens with zero attached hydrogens (tertiary/aromatic N) is 1. The van der Waals surface area contributed by atoms with Gasteiger partial charge in [-0.3, -0.25) is 4.99 Å². The summed E-state index contributed by atoms with van der Waals surface area (Å²) in [5.74, 6) is 0.678. The fourth-order valence-electron chi connectivity index (χ4n) is 2.33. The number of guanidine groups is 1. The van der Waals surface area contributed by atoms with Crippen LogP contribution in [0, 0.1) is 5.82 Å². The third-order valence-electron chi connectivity index (χ3n) is 3.31. The van der Waals surface area contributed by atoms with Crippen LogP contribution in [-0.4, -0.2) is 30.6 Å². The van der Waals surface area contributed by atoms with Crippen LogP contribution in [0.4, 0.5) is 4.39 Å². The van der Waals surface area contributed by atoms with E-state index in [0.717, 1.165) is 49.3 Å². The van der Waals surface area contributed by atoms with Crippen LogP contribution >= 0.6 is 24.0 Å². The number of aromatic nitrogens is 1. The molecule has 0 radical (unpaired) electrons. The monoisotopic (exact) mass is 388 g/mol. The summed E-state index contributed by atoms with van der Waals surface area (Å²) < 4.78 is 13.1. The smallest absolute Gasteiger partial charge is 0.191 e. The van der Waals surface area contributed by atoms with Gasteiger partial charge in [-0.25, -0.2) is 4.39 Å². The summed E-state index contributed by atoms with van der Waals surface area (Å²) in [5.41, 5.74) is 2.04. The Bertz CT molecular complexity index is 608. The third-order valence-corrected chi connectivity index (χ3v) is 3.31. The van der Waals surface area contributed by atoms with Gasteiger partial charge < -0.3 is 15.6 Å². The van der Waals surface area contributed by atoms with Gasteiger partial charge in [-0.05, 0) is 36.6 Å². The second-order valence-corrected chi connectivity index (χ2v) is 4.69. The minimum Gasteiger partial charge on any atom is -0.361 e. The summed E-state index contributed by atoms with van der Waals surface area (Å²) in [6.07, 6.45) is 3.92. The minimum atomic E-state index is -0.209. The number of nitrogens with one attached hydrogen (secondary N) is 3. The molecule has 1 aliphatic rings. The maximum atomic E-state index is 13.1. The molecule has 6 heteroatoms. The highest BCUT2D eigenvalue weighted by Gasteiger charge is 2.06. The third kappa shape index (κ3) is 3.41. The maximum absolute atomic E-state index is 13.1. The van der Waals surface area contributed by atoms with E-state index in [4.69, 9.17) is 0 Å². The number of hydrogen-bond acceptors (Lipinski definition) is 3. The van der Waals surface area contributed by atoms with Gasteiger partial charge in [-0.1, -0.05) is 0 Å². The standard InChI is InChI=1S/C14H17FN4.HI/c15-11-2-3-12-10(9-19-13(12)8-11)4-7-18-14-16-5-1-6-17-14;/h2-3,8-9,19H,1,4-7H2,(H2,16,17,18);1H. The van der Waals surface area contributed by atoms with Crippen molar-refractivity contribution in [2.75, 3.05) is 19.6 Å². The summed E-state index contributed by atoms with van der Waals surface area (Å²) in [5, 5.41) is 7.60. The molecule has 108 valence electrons. The van der Waals surface area contributed by atoms with Crippen LogP contribution in [0.5, 0.6) is 0 Å². The zero-order valence-electron chi connectivity index (χ0n) is 11.1. The van der Waals surface area contributed by atoms with Crippen molar-refractivity contribution >= 4 is 40.8 Å². The van der Waals surface area contributed by atoms with Gasteiger partial charge in [0.05, 0.1) is 0 Å². The first kappa shape index (κ1) is 15.1. The van der Waals surface area contributed by atoms with Crippen molar-refractivity contribution in [3.8, 4) is 0 Å². The Morgan fingerprint density at radius 3 is 3.05 bits per heavy atom. The van der Waals surface area contributed by atoms with Crippen molar-refractivity contribution in [3.05, 3.63) is 35.8 Å². The average Bonchev–Trinajstić information content (AvgIpc) is 2.82. The molecule has 0 atom stereocenters. The predicted octanol–water partition coefficient (Wildman–Crippen LogP) is 2.41. The molecule has 4 nitrogen and oxygen atoms in total. The Hall–Kier alpha value is -1.31. The SMILES string of the molecule is Fc1ccc2c(CCNC3=NCCCN3)c[nH]c2c1.I. The lowest BCUT2D eigenvalue weighted by atomic mass is 10.1. The predicted molar refractivity (Wildman–Crippen MR) is 90.3 cm³/mol. The number of aliphatic imine (C=N–C) groups is 1. The van der Waals surface area contributed by atoms with Crippen LogP contribution < -0.4 is 10.6 Å². The van der Waals surface area contributed by atoms with Crippen molar-refractivity contribution in [3.63, 3.8) is 0 Å². The van der Waals surface area contributed by atoms with Crippen molar-refractivity contribution in [2.24, 2.45) is 4.99 Å². The number of fused-ring (bicyclic) bond motifs is 1. The lowest BCUT2D eigenvalue weighted by Gasteiger charge is -2.15. The van der Waals surface area contributed by atoms with Gasteiger partial charge in [0.15, 0.2) is 5.96 Å². The first-order valence-electron chi connectivity index (χ1n) is 6.60. The molecule has 0 bridgehead atoms. The highest BCUT2D eigenvalue weighted by Crippen LogP contribution is 2.19. The van der Waals surface area contributed by atoms with Gasteiger partial charge in [0.2, 0.25) is 0 Å². The van der Waals surface area contributed by atoms with Gasteiger partial charge in [0, 0.05) is 36.7 Å². The summed E-state index contributed by atoms with van der Waals surface area (Å²) in [7, 11) is 0. The van der Waals surface area contributed by atoms with E-state index >= 15 is 0 Å². The number of halogens is 2. The quantitative estimate of drug-likeness (QED) is 0.708. The van der Waals surface area contributed by atoms with E-state index in [2.05, 4.69) is 20.6 Å². The Morgan fingerprint density at radius 2 is 2.25 bits per heavy atom. The number of aromatic amines is 1. The Balaban J connectivity index is 0.00000147. The van der Waals surface area contributed by atoms with Crippen LogP contribution in [0.15, 0.2) is 29.4 Å². The van der Waals surface area contributed by atoms with Crippen LogP contribution in [-0.2, 0) is 6.42 Å². The number of H-pyrrole nitrogens is 1. The van der Waals surface area contributed by atoms with Gasteiger partial charge in [0.1, 0.15) is 5.82 Å². The largest absolute Gasteiger partial charge is 0.361 e. The summed E-state index contributed by atoms with van der Waals surface area (Å²) >= 11 is 0. The van der Waals surface area contributed by atoms with E-state index in [1.165, 1.54) is 17.7 Å². The minimum absolute atomic E-state index is 0. The molecule has 20 heavy (non-hydrogen) atoms. The van der Waals surface area contributed by atoms with Crippen LogP contribution in [0.25, 0.3) is 10.9 Å². The van der Waals surface area contributed by atoms with Crippen molar-refractivity contribution in [1.82, 2.24) is 15.6 Å². The molecule has 0 amide bonds. The molecule has 0 aliphatic carbocycles. The van der Waals surface area contributed by atoms with Crippen LogP contribution in [0.2, 0.25) is 0 Å². The fraction of sp³-hybridized carbons (Fsp3) is 0.357. The van der Waals surface area contributed by atoms with Crippen molar-refractivity contribution < 1.29 is 4.39 Å². The normalized spacial score (nSPS) is 14.3. The molecule has 3 N–H and O–H groups in total. The van der Waals surface area contributed by atoms with Gasteiger partial charge in [0.25, 0.3) is 0 Å². The van der Waals surface area contributed by atoms with E-state index in [1.807, 2.05) is 12.3 Å². The molecule has 0 saturated carbocycles. The van der Waals surface area contributed by atoms with Crippen molar-refractivity contribution in [1.29, 1.82) is 0 Å². The molecular formula is C14H18FIN4. The highest BCUT2D eigenvalue weighted by molar-refractivity contribution is 14.0. The number of hydrogen-bond donors (Lipinski definition) is 3. The van der Waals surface area contributed by atoms with Crippen molar-refractivity contribution in [2.45, 2.75) is 12.8 Å². The first-order valence-corrected chi connectivity index (χ1v) is 6.60. The molecule has 0 unspecified atom stereocenters. The van der Waals surface area contributed by atoms with Gasteiger partial charge in [-0.15, -0.1) is 24.0 Å². The molecule has 2 heterocycles. The molecule has 0 saturated heterocycles. The van der Waals surface area contributed by atoms with Gasteiger partial charge in [-0.2, -0.15) is 0 Å². The number of rotatable bonds is 3. The van der Waals surface area contributed by atoms with E-state index in [9.17, 15) is 4.39 Å². The Kier molecular flexibility index (Phi) is 5.22. The molecule has 2 aromatic rings. The lowest BCUT2D eigenvalue weighted by molar-refractivity contribution is 0.629. The summed E-state index contributed by atoms with van der Waals surface area (Å²) in [4.78, 5) is 7.46. The van der Waals surface area contributed by atoms with E-state index in [-0.39, 0.29) is 29.8 Å². The maximum Gasteiger partial charge on any atom is 0.191 e. The fourth-order valence-corrected chi connectivity index (χ4v) is 2.33. The zero-order valence-corrected chi connectivity index (χ0v) is 13.4. The molecule has 0 fully saturated rings. The topological polar surface area (TPSA) is 52.2 Å². The molecule has 3 rings (SSSR count). The molecule has 1 aromatic carbocycles. The van der Waals surface area contributed by atoms with E-state index < -0.39 is 0 Å². The zero-order chi connectivity index (χ0) is 13.1. The summed E-state index contributed by atoms with van der Waals surface area (Å²) in [6, 6.07) is 4.85. The molecular weight excluding hydrogens is 370 g/mol. The molecule has 1 aromatic heterocycles. The average molecular weight is 388 g/mol. The molecule has 1 aliphatic heterocycles. The lowest BCUT2D eigenvalue weighted by Crippen LogP contribution is -2.41.